The third-order valence-corrected chi connectivity index (χ3v) is 3.58. The molecule has 0 saturated carbocycles. The van der Waals surface area contributed by atoms with Gasteiger partial charge in [-0.25, -0.2) is 4.98 Å². The molecule has 1 heterocycles. The number of pyridine rings is 1. The minimum absolute atomic E-state index is 0.123. The van der Waals surface area contributed by atoms with E-state index >= 15 is 0 Å². The van der Waals surface area contributed by atoms with Gasteiger partial charge in [-0.05, 0) is 25.1 Å². The number of hydrogen-bond donors (Lipinski definition) is 2. The fraction of sp³-hybridized carbons (Fsp3) is 0.188. The number of halogens is 2. The van der Waals surface area contributed by atoms with Crippen molar-refractivity contribution < 1.29 is 9.84 Å². The van der Waals surface area contributed by atoms with Crippen LogP contribution in [-0.4, -0.2) is 23.4 Å². The number of anilines is 1. The first-order valence-electron chi connectivity index (χ1n) is 6.83. The Morgan fingerprint density at radius 1 is 1.42 bits per heavy atom. The second-order valence-corrected chi connectivity index (χ2v) is 5.73. The molecule has 8 heteroatoms. The van der Waals surface area contributed by atoms with Gasteiger partial charge < -0.3 is 9.84 Å². The van der Waals surface area contributed by atoms with E-state index in [2.05, 4.69) is 21.6 Å². The Labute approximate surface area is 149 Å². The number of phenols is 1. The van der Waals surface area contributed by atoms with Gasteiger partial charge in [0.05, 0.1) is 17.8 Å². The lowest BCUT2D eigenvalue weighted by Crippen LogP contribution is -2.03. The lowest BCUT2D eigenvalue weighted by molar-refractivity contribution is 0.184. The number of nitrogens with zero attached hydrogens (tertiary/aromatic N) is 3. The van der Waals surface area contributed by atoms with Gasteiger partial charge in [0, 0.05) is 29.0 Å². The van der Waals surface area contributed by atoms with Gasteiger partial charge in [-0.2, -0.15) is 10.4 Å². The lowest BCUT2D eigenvalue weighted by atomic mass is 10.1. The maximum absolute atomic E-state index is 9.88. The summed E-state index contributed by atoms with van der Waals surface area (Å²) in [6.07, 6.45) is 1.34. The van der Waals surface area contributed by atoms with E-state index in [0.29, 0.717) is 33.2 Å². The highest BCUT2D eigenvalue weighted by atomic mass is 35.5. The molecule has 0 atom stereocenters. The van der Waals surface area contributed by atoms with E-state index in [-0.39, 0.29) is 17.4 Å². The number of methoxy groups -OCH3 is 1. The summed E-state index contributed by atoms with van der Waals surface area (Å²) >= 11 is 11.7. The first-order valence-corrected chi connectivity index (χ1v) is 7.58. The van der Waals surface area contributed by atoms with Crippen LogP contribution in [0.4, 0.5) is 5.82 Å². The summed E-state index contributed by atoms with van der Waals surface area (Å²) in [5.74, 6) is 0.165. The van der Waals surface area contributed by atoms with Crippen LogP contribution in [0.3, 0.4) is 0 Å². The van der Waals surface area contributed by atoms with Gasteiger partial charge in [0.15, 0.2) is 5.82 Å². The van der Waals surface area contributed by atoms with Crippen LogP contribution in [0.5, 0.6) is 5.75 Å². The molecule has 0 spiro atoms. The summed E-state index contributed by atoms with van der Waals surface area (Å²) < 4.78 is 5.09. The molecule has 2 rings (SSSR count). The number of nitriles is 1. The molecule has 0 aliphatic rings. The zero-order chi connectivity index (χ0) is 17.7. The van der Waals surface area contributed by atoms with Gasteiger partial charge in [0.25, 0.3) is 0 Å². The standard InChI is InChI=1S/C16H14Cl2N4O2/c1-9-3-11(8-24-2)13(6-19)16(21-9)22-20-7-10-4-12(17)5-14(18)15(10)23/h3-5,7,23H,8H2,1-2H3,(H,21,22)/b20-7-. The summed E-state index contributed by atoms with van der Waals surface area (Å²) in [5.41, 5.74) is 4.80. The average Bonchev–Trinajstić information content (AvgIpc) is 2.52. The second-order valence-electron chi connectivity index (χ2n) is 4.89. The highest BCUT2D eigenvalue weighted by Crippen LogP contribution is 2.30. The Bertz CT molecular complexity index is 832. The molecule has 0 unspecified atom stereocenters. The van der Waals surface area contributed by atoms with E-state index < -0.39 is 0 Å². The monoisotopic (exact) mass is 364 g/mol. The van der Waals surface area contributed by atoms with Crippen molar-refractivity contribution in [3.05, 3.63) is 50.6 Å². The van der Waals surface area contributed by atoms with Crippen molar-refractivity contribution in [2.75, 3.05) is 12.5 Å². The topological polar surface area (TPSA) is 90.5 Å². The van der Waals surface area contributed by atoms with E-state index in [1.165, 1.54) is 18.3 Å². The second kappa shape index (κ2) is 7.97. The molecule has 0 fully saturated rings. The van der Waals surface area contributed by atoms with Gasteiger partial charge in [0.2, 0.25) is 0 Å². The van der Waals surface area contributed by atoms with Gasteiger partial charge >= 0.3 is 0 Å². The lowest BCUT2D eigenvalue weighted by Gasteiger charge is -2.09. The Kier molecular flexibility index (Phi) is 5.99. The molecule has 2 N–H and O–H groups in total. The summed E-state index contributed by atoms with van der Waals surface area (Å²) in [5, 5.41) is 23.7. The zero-order valence-electron chi connectivity index (χ0n) is 13.0. The molecule has 0 amide bonds. The summed E-state index contributed by atoms with van der Waals surface area (Å²) in [4.78, 5) is 4.26. The Hall–Kier alpha value is -2.33. The number of hydrazone groups is 1. The summed E-state index contributed by atoms with van der Waals surface area (Å²) in [6, 6.07) is 6.80. The minimum atomic E-state index is -0.135. The van der Waals surface area contributed by atoms with Crippen LogP contribution in [0.15, 0.2) is 23.3 Å². The molecular formula is C16H14Cl2N4O2. The van der Waals surface area contributed by atoms with E-state index in [1.54, 1.807) is 20.1 Å². The van der Waals surface area contributed by atoms with Crippen molar-refractivity contribution >= 4 is 35.2 Å². The first kappa shape index (κ1) is 18.0. The fourth-order valence-corrected chi connectivity index (χ4v) is 2.57. The molecule has 0 radical (unpaired) electrons. The van der Waals surface area contributed by atoms with Crippen LogP contribution in [0.2, 0.25) is 10.0 Å². The smallest absolute Gasteiger partial charge is 0.164 e. The Balaban J connectivity index is 2.31. The Morgan fingerprint density at radius 3 is 2.83 bits per heavy atom. The predicted octanol–water partition coefficient (Wildman–Crippen LogP) is 3.87. The molecule has 0 saturated heterocycles. The van der Waals surface area contributed by atoms with Crippen LogP contribution < -0.4 is 5.43 Å². The summed E-state index contributed by atoms with van der Waals surface area (Å²) in [6.45, 7) is 2.09. The minimum Gasteiger partial charge on any atom is -0.506 e. The number of hydrogen-bond acceptors (Lipinski definition) is 6. The van der Waals surface area contributed by atoms with E-state index in [0.717, 1.165) is 0 Å². The number of rotatable bonds is 5. The maximum atomic E-state index is 9.88. The summed E-state index contributed by atoms with van der Waals surface area (Å²) in [7, 11) is 1.55. The van der Waals surface area contributed by atoms with Crippen molar-refractivity contribution in [3.63, 3.8) is 0 Å². The van der Waals surface area contributed by atoms with E-state index in [9.17, 15) is 10.4 Å². The zero-order valence-corrected chi connectivity index (χ0v) is 14.5. The number of nitrogens with one attached hydrogen (secondary N) is 1. The maximum Gasteiger partial charge on any atom is 0.164 e. The molecule has 0 aliphatic heterocycles. The van der Waals surface area contributed by atoms with E-state index in [4.69, 9.17) is 27.9 Å². The number of benzene rings is 1. The van der Waals surface area contributed by atoms with Crippen LogP contribution in [0, 0.1) is 18.3 Å². The molecule has 24 heavy (non-hydrogen) atoms. The van der Waals surface area contributed by atoms with Crippen molar-refractivity contribution in [1.82, 2.24) is 4.98 Å². The van der Waals surface area contributed by atoms with Crippen LogP contribution in [0.1, 0.15) is 22.4 Å². The largest absolute Gasteiger partial charge is 0.506 e. The number of aryl methyl sites for hydroxylation is 1. The Morgan fingerprint density at radius 2 is 2.17 bits per heavy atom. The number of aromatic hydroxyl groups is 1. The fourth-order valence-electron chi connectivity index (χ4n) is 2.06. The SMILES string of the molecule is COCc1cc(C)nc(N/N=C\c2cc(Cl)cc(Cl)c2O)c1C#N. The number of aromatic nitrogens is 1. The molecule has 0 aliphatic carbocycles. The third-order valence-electron chi connectivity index (χ3n) is 3.07. The predicted molar refractivity (Wildman–Crippen MR) is 93.7 cm³/mol. The van der Waals surface area contributed by atoms with Gasteiger partial charge in [-0.15, -0.1) is 0 Å². The molecule has 1 aromatic heterocycles. The van der Waals surface area contributed by atoms with Crippen molar-refractivity contribution in [3.8, 4) is 11.8 Å². The molecule has 0 bridgehead atoms. The number of phenolic OH excluding ortho intramolecular Hbond substituents is 1. The highest BCUT2D eigenvalue weighted by Gasteiger charge is 2.11. The van der Waals surface area contributed by atoms with Crippen molar-refractivity contribution in [2.24, 2.45) is 5.10 Å². The molecular weight excluding hydrogens is 351 g/mol. The molecule has 1 aromatic carbocycles. The molecule has 124 valence electrons. The normalized spacial score (nSPS) is 10.8. The molecule has 6 nitrogen and oxygen atoms in total. The highest BCUT2D eigenvalue weighted by molar-refractivity contribution is 6.36. The first-order chi connectivity index (χ1) is 11.5. The van der Waals surface area contributed by atoms with Crippen LogP contribution >= 0.6 is 23.2 Å². The van der Waals surface area contributed by atoms with E-state index in [1.807, 2.05) is 0 Å². The van der Waals surface area contributed by atoms with Crippen LogP contribution in [0.25, 0.3) is 0 Å². The van der Waals surface area contributed by atoms with Gasteiger partial charge in [-0.1, -0.05) is 23.2 Å². The van der Waals surface area contributed by atoms with Gasteiger partial charge in [-0.3, -0.25) is 5.43 Å². The molecule has 2 aromatic rings. The quantitative estimate of drug-likeness (QED) is 0.620. The third kappa shape index (κ3) is 4.15. The van der Waals surface area contributed by atoms with Crippen LogP contribution in [-0.2, 0) is 11.3 Å². The number of ether oxygens (including phenoxy) is 1. The van der Waals surface area contributed by atoms with Gasteiger partial charge in [0.1, 0.15) is 17.4 Å². The van der Waals surface area contributed by atoms with Crippen molar-refractivity contribution in [1.29, 1.82) is 5.26 Å². The van der Waals surface area contributed by atoms with Crippen molar-refractivity contribution in [2.45, 2.75) is 13.5 Å². The average molecular weight is 365 g/mol.